The van der Waals surface area contributed by atoms with Crippen molar-refractivity contribution in [1.29, 1.82) is 0 Å². The Morgan fingerprint density at radius 1 is 1.64 bits per heavy atom. The Morgan fingerprint density at radius 2 is 2.36 bits per heavy atom. The van der Waals surface area contributed by atoms with Crippen molar-refractivity contribution in [3.05, 3.63) is 11.8 Å². The molecule has 0 amide bonds. The molecule has 60 valence electrons. The van der Waals surface area contributed by atoms with E-state index in [-0.39, 0.29) is 0 Å². The number of aromatic nitrogens is 1. The maximum Gasteiger partial charge on any atom is 0.313 e. The summed E-state index contributed by atoms with van der Waals surface area (Å²) < 4.78 is 6.78. The fraction of sp³-hybridized carbons (Fsp3) is 0.429. The maximum absolute atomic E-state index is 4.90. The number of hydrogen-bond acceptors (Lipinski definition) is 2. The summed E-state index contributed by atoms with van der Waals surface area (Å²) in [6, 6.07) is 1.83. The molecule has 1 aromatic rings. The highest BCUT2D eigenvalue weighted by Gasteiger charge is 2.00. The molecule has 1 N–H and O–H groups in total. The van der Waals surface area contributed by atoms with Crippen molar-refractivity contribution in [2.45, 2.75) is 6.92 Å². The lowest BCUT2D eigenvalue weighted by Gasteiger charge is -1.86. The first-order valence-corrected chi connectivity index (χ1v) is 3.38. The highest BCUT2D eigenvalue weighted by molar-refractivity contribution is 5.68. The summed E-state index contributed by atoms with van der Waals surface area (Å²) in [5.74, 6) is 0.663. The molecule has 11 heavy (non-hydrogen) atoms. The Bertz CT molecular complexity index is 260. The van der Waals surface area contributed by atoms with Crippen LogP contribution in [0.2, 0.25) is 0 Å². The van der Waals surface area contributed by atoms with Gasteiger partial charge in [0, 0.05) is 0 Å². The minimum absolute atomic E-state index is 0.663. The predicted molar refractivity (Wildman–Crippen MR) is 43.0 cm³/mol. The molecule has 0 aliphatic carbocycles. The van der Waals surface area contributed by atoms with Crippen LogP contribution < -0.4 is 5.32 Å². The van der Waals surface area contributed by atoms with Crippen molar-refractivity contribution in [3.63, 3.8) is 0 Å². The fourth-order valence-electron chi connectivity index (χ4n) is 0.624. The topological polar surface area (TPSA) is 41.1 Å². The van der Waals surface area contributed by atoms with Crippen molar-refractivity contribution in [3.8, 4) is 0 Å². The molecule has 0 spiro atoms. The zero-order valence-electron chi connectivity index (χ0n) is 6.96. The van der Waals surface area contributed by atoms with E-state index in [1.807, 2.05) is 31.7 Å². The summed E-state index contributed by atoms with van der Waals surface area (Å²) in [4.78, 5) is 0. The Morgan fingerprint density at radius 3 is 2.82 bits per heavy atom. The molecule has 0 radical (unpaired) electrons. The van der Waals surface area contributed by atoms with Crippen molar-refractivity contribution >= 4 is 12.2 Å². The number of nitrogens with zero attached hydrogens (tertiary/aromatic N) is 2. The van der Waals surface area contributed by atoms with Crippen LogP contribution in [0.25, 0.3) is 0 Å². The molecular weight excluding hydrogens is 142 g/mol. The van der Waals surface area contributed by atoms with Crippen LogP contribution in [0.1, 0.15) is 5.69 Å². The molecule has 1 heterocycles. The first kappa shape index (κ1) is 7.78. The normalized spacial score (nSPS) is 9.36. The molecule has 0 aromatic carbocycles. The van der Waals surface area contributed by atoms with E-state index in [4.69, 9.17) is 4.52 Å². The van der Waals surface area contributed by atoms with Crippen molar-refractivity contribution in [2.75, 3.05) is 19.4 Å². The summed E-state index contributed by atoms with van der Waals surface area (Å²) in [6.07, 6.45) is 1.79. The number of nitrogens with one attached hydrogen (secondary N) is 1. The van der Waals surface area contributed by atoms with E-state index in [1.54, 1.807) is 6.34 Å². The molecule has 4 nitrogen and oxygen atoms in total. The fourth-order valence-corrected chi connectivity index (χ4v) is 0.624. The first-order chi connectivity index (χ1) is 5.18. The minimum Gasteiger partial charge on any atom is -0.314 e. The van der Waals surface area contributed by atoms with Crippen LogP contribution in [-0.4, -0.2) is 30.2 Å². The van der Waals surface area contributed by atoms with Crippen LogP contribution in [0.4, 0.5) is 5.88 Å². The average Bonchev–Trinajstić information content (AvgIpc) is 2.31. The largest absolute Gasteiger partial charge is 0.314 e. The first-order valence-electron chi connectivity index (χ1n) is 3.38. The van der Waals surface area contributed by atoms with Gasteiger partial charge in [0.1, 0.15) is 0 Å². The smallest absolute Gasteiger partial charge is 0.313 e. The average molecular weight is 154 g/mol. The molecule has 0 atom stereocenters. The predicted octanol–water partition coefficient (Wildman–Crippen LogP) is 0.695. The van der Waals surface area contributed by atoms with Gasteiger partial charge >= 0.3 is 5.88 Å². The van der Waals surface area contributed by atoms with E-state index < -0.39 is 0 Å². The molecular formula is C7H12N3O+. The molecule has 0 aliphatic rings. The van der Waals surface area contributed by atoms with Gasteiger partial charge in [-0.2, -0.15) is 0 Å². The van der Waals surface area contributed by atoms with Gasteiger partial charge < -0.3 is 4.52 Å². The quantitative estimate of drug-likeness (QED) is 0.387. The van der Waals surface area contributed by atoms with Gasteiger partial charge in [0.15, 0.2) is 0 Å². The Hall–Kier alpha value is -1.32. The number of anilines is 1. The Labute approximate surface area is 65.5 Å². The van der Waals surface area contributed by atoms with E-state index in [9.17, 15) is 0 Å². The van der Waals surface area contributed by atoms with E-state index >= 15 is 0 Å². The molecule has 0 saturated heterocycles. The minimum atomic E-state index is 0.663. The summed E-state index contributed by atoms with van der Waals surface area (Å²) in [5.41, 5.74) is 0.875. The van der Waals surface area contributed by atoms with Gasteiger partial charge in [0.05, 0.1) is 25.9 Å². The third-order valence-electron chi connectivity index (χ3n) is 1.09. The van der Waals surface area contributed by atoms with Gasteiger partial charge in [0.25, 0.3) is 0 Å². The third kappa shape index (κ3) is 2.41. The van der Waals surface area contributed by atoms with Gasteiger partial charge in [-0.1, -0.05) is 5.16 Å². The molecule has 1 rings (SSSR count). The van der Waals surface area contributed by atoms with Gasteiger partial charge in [-0.15, -0.1) is 0 Å². The van der Waals surface area contributed by atoms with Crippen LogP contribution in [0.3, 0.4) is 0 Å². The van der Waals surface area contributed by atoms with E-state index in [1.165, 1.54) is 0 Å². The molecule has 1 aromatic heterocycles. The monoisotopic (exact) mass is 154 g/mol. The second kappa shape index (κ2) is 3.18. The van der Waals surface area contributed by atoms with E-state index in [0.29, 0.717) is 5.88 Å². The zero-order valence-corrected chi connectivity index (χ0v) is 6.96. The summed E-state index contributed by atoms with van der Waals surface area (Å²) in [5, 5.41) is 6.66. The molecule has 0 bridgehead atoms. The van der Waals surface area contributed by atoms with Crippen LogP contribution in [-0.2, 0) is 0 Å². The second-order valence-electron chi connectivity index (χ2n) is 2.57. The van der Waals surface area contributed by atoms with Crippen molar-refractivity contribution < 1.29 is 9.10 Å². The molecule has 0 saturated carbocycles. The van der Waals surface area contributed by atoms with Crippen molar-refractivity contribution in [2.24, 2.45) is 0 Å². The zero-order chi connectivity index (χ0) is 8.27. The van der Waals surface area contributed by atoms with E-state index in [0.717, 1.165) is 5.69 Å². The van der Waals surface area contributed by atoms with E-state index in [2.05, 4.69) is 10.5 Å². The number of hydrogen-bond donors (Lipinski definition) is 1. The van der Waals surface area contributed by atoms with Crippen LogP contribution in [0, 0.1) is 6.92 Å². The van der Waals surface area contributed by atoms with Gasteiger partial charge in [-0.3, -0.25) is 4.58 Å². The molecule has 4 heteroatoms. The Kier molecular flexibility index (Phi) is 2.25. The number of rotatable bonds is 2. The number of aryl methyl sites for hydroxylation is 1. The summed E-state index contributed by atoms with van der Waals surface area (Å²) >= 11 is 0. The van der Waals surface area contributed by atoms with Crippen LogP contribution in [0.5, 0.6) is 0 Å². The standard InChI is InChI=1S/C7H11N3O/c1-6-4-7(11-9-6)8-5-10(2)3/h4-5H,1-3H3/p+1. The van der Waals surface area contributed by atoms with Gasteiger partial charge in [-0.25, -0.2) is 5.32 Å². The molecule has 0 aliphatic heterocycles. The SMILES string of the molecule is Cc1cc(NC=[N+](C)C)on1. The lowest BCUT2D eigenvalue weighted by molar-refractivity contribution is -0.459. The second-order valence-corrected chi connectivity index (χ2v) is 2.57. The van der Waals surface area contributed by atoms with Crippen molar-refractivity contribution in [1.82, 2.24) is 5.16 Å². The third-order valence-corrected chi connectivity index (χ3v) is 1.09. The lowest BCUT2D eigenvalue weighted by Crippen LogP contribution is -2.06. The maximum atomic E-state index is 4.90. The highest BCUT2D eigenvalue weighted by atomic mass is 16.5. The molecule has 0 fully saturated rings. The highest BCUT2D eigenvalue weighted by Crippen LogP contribution is 2.05. The van der Waals surface area contributed by atoms with Crippen LogP contribution >= 0.6 is 0 Å². The van der Waals surface area contributed by atoms with Crippen LogP contribution in [0.15, 0.2) is 10.6 Å². The lowest BCUT2D eigenvalue weighted by atomic mass is 10.5. The Balaban J connectivity index is 2.58. The van der Waals surface area contributed by atoms with Gasteiger partial charge in [-0.05, 0) is 6.92 Å². The molecule has 0 unspecified atom stereocenters. The summed E-state index contributed by atoms with van der Waals surface area (Å²) in [6.45, 7) is 1.88. The summed E-state index contributed by atoms with van der Waals surface area (Å²) in [7, 11) is 3.85. The van der Waals surface area contributed by atoms with Gasteiger partial charge in [0.2, 0.25) is 6.34 Å².